The largest absolute Gasteiger partial charge is 0.371 e. The van der Waals surface area contributed by atoms with E-state index in [2.05, 4.69) is 32.6 Å². The van der Waals surface area contributed by atoms with Gasteiger partial charge in [0.15, 0.2) is 6.29 Å². The van der Waals surface area contributed by atoms with Crippen LogP contribution in [0.5, 0.6) is 0 Å². The van der Waals surface area contributed by atoms with Crippen molar-refractivity contribution >= 4 is 12.0 Å². The van der Waals surface area contributed by atoms with Crippen molar-refractivity contribution in [3.63, 3.8) is 0 Å². The van der Waals surface area contributed by atoms with Gasteiger partial charge in [0.05, 0.1) is 5.56 Å². The average molecular weight is 275 g/mol. The van der Waals surface area contributed by atoms with Gasteiger partial charge in [-0.15, -0.1) is 0 Å². The normalized spacial score (nSPS) is 22.4. The fraction of sp³-hybridized carbons (Fsp3) is 0.588. The highest BCUT2D eigenvalue weighted by molar-refractivity contribution is 5.81. The molecule has 1 aromatic carbocycles. The molecule has 0 bridgehead atoms. The van der Waals surface area contributed by atoms with Crippen molar-refractivity contribution in [2.45, 2.75) is 51.4 Å². The lowest BCUT2D eigenvalue weighted by Gasteiger charge is -2.48. The lowest BCUT2D eigenvalue weighted by molar-refractivity contribution is 0.111. The monoisotopic (exact) mass is 275 g/mol. The molecule has 0 saturated heterocycles. The third-order valence-electron chi connectivity index (χ3n) is 5.13. The maximum absolute atomic E-state index is 14.8. The van der Waals surface area contributed by atoms with Crippen LogP contribution in [0.2, 0.25) is 0 Å². The van der Waals surface area contributed by atoms with Crippen molar-refractivity contribution in [1.82, 2.24) is 0 Å². The molecule has 108 valence electrons. The van der Waals surface area contributed by atoms with Gasteiger partial charge in [-0.05, 0) is 35.3 Å². The summed E-state index contributed by atoms with van der Waals surface area (Å²) in [6.45, 7) is 10.5. The Bertz CT molecular complexity index is 587. The van der Waals surface area contributed by atoms with Crippen LogP contribution >= 0.6 is 0 Å². The van der Waals surface area contributed by atoms with Gasteiger partial charge in [-0.2, -0.15) is 0 Å². The van der Waals surface area contributed by atoms with Crippen LogP contribution in [-0.4, -0.2) is 19.4 Å². The van der Waals surface area contributed by atoms with Gasteiger partial charge < -0.3 is 4.90 Å². The third kappa shape index (κ3) is 1.72. The second-order valence-corrected chi connectivity index (χ2v) is 7.42. The lowest BCUT2D eigenvalue weighted by atomic mass is 9.69. The Morgan fingerprint density at radius 1 is 1.15 bits per heavy atom. The zero-order valence-electron chi connectivity index (χ0n) is 12.7. The lowest BCUT2D eigenvalue weighted by Crippen LogP contribution is -2.45. The van der Waals surface area contributed by atoms with Crippen molar-refractivity contribution in [3.8, 4) is 0 Å². The molecule has 0 aliphatic carbocycles. The van der Waals surface area contributed by atoms with E-state index in [1.165, 1.54) is 0 Å². The van der Waals surface area contributed by atoms with E-state index in [9.17, 15) is 9.18 Å². The first-order valence-corrected chi connectivity index (χ1v) is 7.35. The third-order valence-corrected chi connectivity index (χ3v) is 5.13. The van der Waals surface area contributed by atoms with Gasteiger partial charge in [-0.25, -0.2) is 4.39 Å². The minimum absolute atomic E-state index is 0.000532. The van der Waals surface area contributed by atoms with E-state index in [0.29, 0.717) is 6.29 Å². The molecule has 0 radical (unpaired) electrons. The van der Waals surface area contributed by atoms with Crippen LogP contribution in [-0.2, 0) is 10.8 Å². The van der Waals surface area contributed by atoms with Crippen LogP contribution in [0.25, 0.3) is 0 Å². The fourth-order valence-electron chi connectivity index (χ4n) is 3.64. The minimum Gasteiger partial charge on any atom is -0.371 e. The molecule has 3 heteroatoms. The van der Waals surface area contributed by atoms with E-state index in [1.54, 1.807) is 6.07 Å². The number of nitrogens with zero attached hydrogens (tertiary/aromatic N) is 1. The Morgan fingerprint density at radius 3 is 2.35 bits per heavy atom. The molecule has 0 saturated carbocycles. The molecule has 2 aliphatic heterocycles. The van der Waals surface area contributed by atoms with Gasteiger partial charge in [0.2, 0.25) is 0 Å². The van der Waals surface area contributed by atoms with Crippen LogP contribution in [0.3, 0.4) is 0 Å². The zero-order valence-corrected chi connectivity index (χ0v) is 12.7. The highest BCUT2D eigenvalue weighted by atomic mass is 19.1. The first-order valence-electron chi connectivity index (χ1n) is 7.35. The van der Waals surface area contributed by atoms with Crippen LogP contribution in [0.1, 0.15) is 62.0 Å². The molecule has 1 aromatic rings. The Hall–Kier alpha value is -1.38. The molecule has 20 heavy (non-hydrogen) atoms. The Labute approximate surface area is 120 Å². The summed E-state index contributed by atoms with van der Waals surface area (Å²) in [6.07, 6.45) is 2.63. The van der Waals surface area contributed by atoms with Gasteiger partial charge in [-0.1, -0.05) is 27.7 Å². The SMILES string of the molecule is CC1(C)CCN2CCC(C)(C)c3c(F)c(C=O)cc1c32. The molecule has 3 rings (SSSR count). The molecule has 0 aromatic heterocycles. The zero-order chi connectivity index (χ0) is 14.7. The first kappa shape index (κ1) is 13.6. The van der Waals surface area contributed by atoms with Gasteiger partial charge in [0, 0.05) is 24.3 Å². The summed E-state index contributed by atoms with van der Waals surface area (Å²) in [6, 6.07) is 1.77. The van der Waals surface area contributed by atoms with Crippen LogP contribution < -0.4 is 4.90 Å². The van der Waals surface area contributed by atoms with E-state index < -0.39 is 0 Å². The smallest absolute Gasteiger partial charge is 0.153 e. The van der Waals surface area contributed by atoms with Gasteiger partial charge >= 0.3 is 0 Å². The first-order chi connectivity index (χ1) is 9.28. The molecular weight excluding hydrogens is 253 g/mol. The summed E-state index contributed by atoms with van der Waals surface area (Å²) in [7, 11) is 0. The number of carbonyl (C=O) groups excluding carboxylic acids is 1. The maximum Gasteiger partial charge on any atom is 0.153 e. The number of rotatable bonds is 1. The van der Waals surface area contributed by atoms with Gasteiger partial charge in [0.1, 0.15) is 5.82 Å². The second-order valence-electron chi connectivity index (χ2n) is 7.42. The van der Waals surface area contributed by atoms with E-state index in [1.807, 2.05) is 0 Å². The van der Waals surface area contributed by atoms with Crippen molar-refractivity contribution in [2.75, 3.05) is 18.0 Å². The number of halogens is 1. The van der Waals surface area contributed by atoms with Gasteiger partial charge in [0.25, 0.3) is 0 Å². The van der Waals surface area contributed by atoms with Crippen LogP contribution in [0, 0.1) is 5.82 Å². The summed E-state index contributed by atoms with van der Waals surface area (Å²) in [5, 5.41) is 0. The molecule has 0 unspecified atom stereocenters. The quantitative estimate of drug-likeness (QED) is 0.726. The number of hydrogen-bond acceptors (Lipinski definition) is 2. The maximum atomic E-state index is 14.8. The molecule has 2 aliphatic rings. The Balaban J connectivity index is 2.39. The molecule has 2 heterocycles. The highest BCUT2D eigenvalue weighted by Crippen LogP contribution is 2.50. The van der Waals surface area contributed by atoms with Crippen molar-refractivity contribution in [1.29, 1.82) is 0 Å². The summed E-state index contributed by atoms with van der Waals surface area (Å²) in [5.74, 6) is -0.314. The predicted octanol–water partition coefficient (Wildman–Crippen LogP) is 3.81. The molecule has 0 fully saturated rings. The van der Waals surface area contributed by atoms with E-state index >= 15 is 0 Å². The Morgan fingerprint density at radius 2 is 1.75 bits per heavy atom. The summed E-state index contributed by atoms with van der Waals surface area (Å²) in [5.41, 5.74) is 2.94. The summed E-state index contributed by atoms with van der Waals surface area (Å²) < 4.78 is 14.8. The predicted molar refractivity (Wildman–Crippen MR) is 79.3 cm³/mol. The molecular formula is C17H22FNO. The van der Waals surface area contributed by atoms with Crippen LogP contribution in [0.15, 0.2) is 6.07 Å². The fourth-order valence-corrected chi connectivity index (χ4v) is 3.64. The Kier molecular flexibility index (Phi) is 2.76. The molecule has 0 spiro atoms. The highest BCUT2D eigenvalue weighted by Gasteiger charge is 2.42. The van der Waals surface area contributed by atoms with Gasteiger partial charge in [-0.3, -0.25) is 4.79 Å². The van der Waals surface area contributed by atoms with Crippen LogP contribution in [0.4, 0.5) is 10.1 Å². The summed E-state index contributed by atoms with van der Waals surface area (Å²) >= 11 is 0. The molecule has 2 nitrogen and oxygen atoms in total. The number of hydrogen-bond donors (Lipinski definition) is 0. The van der Waals surface area contributed by atoms with E-state index in [0.717, 1.165) is 42.7 Å². The van der Waals surface area contributed by atoms with Crippen molar-refractivity contribution in [3.05, 3.63) is 28.6 Å². The molecule has 0 amide bonds. The molecule has 0 atom stereocenters. The topological polar surface area (TPSA) is 20.3 Å². The number of aldehydes is 1. The minimum atomic E-state index is -0.314. The second kappa shape index (κ2) is 4.06. The molecule has 0 N–H and O–H groups in total. The van der Waals surface area contributed by atoms with Crippen molar-refractivity contribution < 1.29 is 9.18 Å². The van der Waals surface area contributed by atoms with E-state index in [4.69, 9.17) is 0 Å². The number of anilines is 1. The van der Waals surface area contributed by atoms with E-state index in [-0.39, 0.29) is 22.2 Å². The average Bonchev–Trinajstić information content (AvgIpc) is 2.36. The standard InChI is InChI=1S/C17H22FNO/c1-16(2)5-7-19-8-6-17(3,4)13-14(18)11(10-20)9-12(16)15(13)19/h9-10H,5-8H2,1-4H3. The van der Waals surface area contributed by atoms with Crippen molar-refractivity contribution in [2.24, 2.45) is 0 Å². The summed E-state index contributed by atoms with van der Waals surface area (Å²) in [4.78, 5) is 13.6. The number of benzene rings is 1. The number of carbonyl (C=O) groups is 1.